The number of hydrogen-bond acceptors (Lipinski definition) is 7. The molecular formula is C13H20N6O. The fraction of sp³-hybridized carbons (Fsp3) is 0.615. The van der Waals surface area contributed by atoms with Crippen molar-refractivity contribution in [2.75, 3.05) is 30.0 Å². The quantitative estimate of drug-likeness (QED) is 0.625. The van der Waals surface area contributed by atoms with E-state index in [2.05, 4.69) is 26.4 Å². The van der Waals surface area contributed by atoms with Crippen LogP contribution in [-0.2, 0) is 4.74 Å². The second kappa shape index (κ2) is 6.03. The first kappa shape index (κ1) is 14.5. The molecule has 0 radical (unpaired) electrons. The Labute approximate surface area is 118 Å². The maximum Gasteiger partial charge on any atom is 0.161 e. The topological polar surface area (TPSA) is 100 Å². The van der Waals surface area contributed by atoms with Crippen LogP contribution in [0.25, 0.3) is 0 Å². The van der Waals surface area contributed by atoms with Gasteiger partial charge in [0.05, 0.1) is 19.2 Å². The van der Waals surface area contributed by atoms with Gasteiger partial charge in [0, 0.05) is 18.0 Å². The lowest BCUT2D eigenvalue weighted by Gasteiger charge is -2.32. The molecule has 7 heteroatoms. The van der Waals surface area contributed by atoms with E-state index in [1.807, 2.05) is 20.8 Å². The van der Waals surface area contributed by atoms with E-state index in [1.54, 1.807) is 0 Å². The summed E-state index contributed by atoms with van der Waals surface area (Å²) in [5, 5.41) is 9.00. The number of hydrazine groups is 1. The van der Waals surface area contributed by atoms with Crippen molar-refractivity contribution >= 4 is 11.6 Å². The molecular weight excluding hydrogens is 256 g/mol. The zero-order valence-corrected chi connectivity index (χ0v) is 12.1. The predicted molar refractivity (Wildman–Crippen MR) is 76.2 cm³/mol. The molecule has 2 heterocycles. The summed E-state index contributed by atoms with van der Waals surface area (Å²) in [7, 11) is 0. The monoisotopic (exact) mass is 276 g/mol. The molecule has 7 nitrogen and oxygen atoms in total. The van der Waals surface area contributed by atoms with Crippen LogP contribution in [0.4, 0.5) is 11.6 Å². The molecule has 108 valence electrons. The summed E-state index contributed by atoms with van der Waals surface area (Å²) in [5.41, 5.74) is 3.51. The van der Waals surface area contributed by atoms with E-state index in [0.29, 0.717) is 25.5 Å². The van der Waals surface area contributed by atoms with Crippen LogP contribution in [0.2, 0.25) is 0 Å². The van der Waals surface area contributed by atoms with Crippen LogP contribution in [0.3, 0.4) is 0 Å². The van der Waals surface area contributed by atoms with Gasteiger partial charge in [-0.1, -0.05) is 13.8 Å². The summed E-state index contributed by atoms with van der Waals surface area (Å²) in [6, 6.07) is 2.14. The van der Waals surface area contributed by atoms with E-state index in [9.17, 15) is 0 Å². The highest BCUT2D eigenvalue weighted by molar-refractivity contribution is 5.58. The summed E-state index contributed by atoms with van der Waals surface area (Å²) in [6.07, 6.45) is -0.421. The lowest BCUT2D eigenvalue weighted by molar-refractivity contribution is 0.0761. The molecule has 0 aliphatic carbocycles. The summed E-state index contributed by atoms with van der Waals surface area (Å²) < 4.78 is 5.37. The predicted octanol–water partition coefficient (Wildman–Crippen LogP) is 0.923. The van der Waals surface area contributed by atoms with E-state index in [-0.39, 0.29) is 5.92 Å². The lowest BCUT2D eigenvalue weighted by Crippen LogP contribution is -2.42. The van der Waals surface area contributed by atoms with Gasteiger partial charge < -0.3 is 15.1 Å². The number of anilines is 2. The van der Waals surface area contributed by atoms with Crippen LogP contribution in [-0.4, -0.2) is 35.8 Å². The lowest BCUT2D eigenvalue weighted by atomic mass is 10.2. The fourth-order valence-corrected chi connectivity index (χ4v) is 2.15. The standard InChI is InChI=1S/C13H20N6O/c1-8(2)11-16-12(18-15)9(3)13(17-11)19-4-5-20-10(6-14)7-19/h8,10H,4-5,7,15H2,1-3H3,(H,16,17,18). The Hall–Kier alpha value is -1.91. The Kier molecular flexibility index (Phi) is 4.37. The number of nitrogen functional groups attached to an aromatic ring is 1. The van der Waals surface area contributed by atoms with Gasteiger partial charge in [0.1, 0.15) is 17.5 Å². The molecule has 1 fully saturated rings. The van der Waals surface area contributed by atoms with Gasteiger partial charge in [0.25, 0.3) is 0 Å². The molecule has 1 aromatic heterocycles. The maximum atomic E-state index is 9.00. The molecule has 1 aliphatic rings. The normalized spacial score (nSPS) is 19.0. The zero-order chi connectivity index (χ0) is 14.7. The number of nitrogens with zero attached hydrogens (tertiary/aromatic N) is 4. The minimum atomic E-state index is -0.421. The molecule has 0 bridgehead atoms. The van der Waals surface area contributed by atoms with Gasteiger partial charge in [-0.25, -0.2) is 15.8 Å². The highest BCUT2D eigenvalue weighted by Gasteiger charge is 2.24. The van der Waals surface area contributed by atoms with Crippen molar-refractivity contribution in [3.63, 3.8) is 0 Å². The fourth-order valence-electron chi connectivity index (χ4n) is 2.15. The third kappa shape index (κ3) is 2.81. The molecule has 1 atom stereocenters. The molecule has 1 aliphatic heterocycles. The molecule has 1 saturated heterocycles. The first-order valence-corrected chi connectivity index (χ1v) is 6.68. The third-order valence-electron chi connectivity index (χ3n) is 3.30. The van der Waals surface area contributed by atoms with Crippen molar-refractivity contribution in [3.05, 3.63) is 11.4 Å². The molecule has 0 spiro atoms. The summed E-state index contributed by atoms with van der Waals surface area (Å²) >= 11 is 0. The number of rotatable bonds is 3. The van der Waals surface area contributed by atoms with E-state index < -0.39 is 6.10 Å². The Balaban J connectivity index is 2.39. The van der Waals surface area contributed by atoms with Crippen LogP contribution in [0.15, 0.2) is 0 Å². The molecule has 3 N–H and O–H groups in total. The van der Waals surface area contributed by atoms with Gasteiger partial charge in [0.15, 0.2) is 6.10 Å². The number of aromatic nitrogens is 2. The molecule has 1 unspecified atom stereocenters. The molecule has 0 aromatic carbocycles. The largest absolute Gasteiger partial charge is 0.360 e. The van der Waals surface area contributed by atoms with Crippen LogP contribution in [0.1, 0.15) is 31.2 Å². The Morgan fingerprint density at radius 3 is 2.85 bits per heavy atom. The Bertz CT molecular complexity index is 524. The van der Waals surface area contributed by atoms with Crippen molar-refractivity contribution in [1.82, 2.24) is 9.97 Å². The third-order valence-corrected chi connectivity index (χ3v) is 3.30. The molecule has 0 saturated carbocycles. The summed E-state index contributed by atoms with van der Waals surface area (Å²) in [6.45, 7) is 7.72. The van der Waals surface area contributed by atoms with Crippen LogP contribution in [0.5, 0.6) is 0 Å². The summed E-state index contributed by atoms with van der Waals surface area (Å²) in [4.78, 5) is 11.1. The zero-order valence-electron chi connectivity index (χ0n) is 12.1. The van der Waals surface area contributed by atoms with Crippen LogP contribution >= 0.6 is 0 Å². The number of nitrogens with one attached hydrogen (secondary N) is 1. The van der Waals surface area contributed by atoms with Gasteiger partial charge in [-0.2, -0.15) is 5.26 Å². The number of morpholine rings is 1. The van der Waals surface area contributed by atoms with Gasteiger partial charge >= 0.3 is 0 Å². The van der Waals surface area contributed by atoms with Crippen LogP contribution < -0.4 is 16.2 Å². The van der Waals surface area contributed by atoms with Crippen molar-refractivity contribution < 1.29 is 4.74 Å². The van der Waals surface area contributed by atoms with Crippen molar-refractivity contribution in [2.45, 2.75) is 32.8 Å². The van der Waals surface area contributed by atoms with Crippen molar-refractivity contribution in [1.29, 1.82) is 5.26 Å². The number of hydrogen-bond donors (Lipinski definition) is 2. The number of nitriles is 1. The minimum absolute atomic E-state index is 0.203. The minimum Gasteiger partial charge on any atom is -0.360 e. The SMILES string of the molecule is Cc1c(NN)nc(C(C)C)nc1N1CCOC(C#N)C1. The molecule has 2 rings (SSSR count). The highest BCUT2D eigenvalue weighted by Crippen LogP contribution is 2.26. The average Bonchev–Trinajstić information content (AvgIpc) is 2.47. The van der Waals surface area contributed by atoms with Crippen molar-refractivity contribution in [2.24, 2.45) is 5.84 Å². The first-order valence-electron chi connectivity index (χ1n) is 6.68. The number of ether oxygens (including phenoxy) is 1. The Morgan fingerprint density at radius 1 is 1.50 bits per heavy atom. The highest BCUT2D eigenvalue weighted by atomic mass is 16.5. The second-order valence-electron chi connectivity index (χ2n) is 5.11. The molecule has 0 amide bonds. The van der Waals surface area contributed by atoms with Gasteiger partial charge in [-0.15, -0.1) is 0 Å². The summed E-state index contributed by atoms with van der Waals surface area (Å²) in [5.74, 6) is 7.92. The van der Waals surface area contributed by atoms with Gasteiger partial charge in [-0.05, 0) is 6.92 Å². The van der Waals surface area contributed by atoms with Crippen molar-refractivity contribution in [3.8, 4) is 6.07 Å². The Morgan fingerprint density at radius 2 is 2.25 bits per heavy atom. The second-order valence-corrected chi connectivity index (χ2v) is 5.11. The van der Waals surface area contributed by atoms with Gasteiger partial charge in [-0.3, -0.25) is 0 Å². The van der Waals surface area contributed by atoms with E-state index in [1.165, 1.54) is 0 Å². The number of nitrogens with two attached hydrogens (primary N) is 1. The van der Waals surface area contributed by atoms with Gasteiger partial charge in [0.2, 0.25) is 0 Å². The molecule has 1 aromatic rings. The van der Waals surface area contributed by atoms with E-state index in [4.69, 9.17) is 15.8 Å². The van der Waals surface area contributed by atoms with Crippen LogP contribution in [0, 0.1) is 18.3 Å². The first-order chi connectivity index (χ1) is 9.56. The smallest absolute Gasteiger partial charge is 0.161 e. The average molecular weight is 276 g/mol. The maximum absolute atomic E-state index is 9.00. The van der Waals surface area contributed by atoms with E-state index in [0.717, 1.165) is 17.2 Å². The van der Waals surface area contributed by atoms with E-state index >= 15 is 0 Å². The molecule has 20 heavy (non-hydrogen) atoms.